The van der Waals surface area contributed by atoms with Crippen molar-refractivity contribution >= 4 is 10.0 Å². The highest BCUT2D eigenvalue weighted by Crippen LogP contribution is 2.26. The molecule has 0 bridgehead atoms. The van der Waals surface area contributed by atoms with Crippen LogP contribution in [0.4, 0.5) is 0 Å². The Morgan fingerprint density at radius 3 is 2.72 bits per heavy atom. The summed E-state index contributed by atoms with van der Waals surface area (Å²) in [6.45, 7) is 1.25. The summed E-state index contributed by atoms with van der Waals surface area (Å²) in [4.78, 5) is 0.0902. The van der Waals surface area contributed by atoms with E-state index in [1.165, 1.54) is 6.07 Å². The van der Waals surface area contributed by atoms with Crippen molar-refractivity contribution < 1.29 is 22.7 Å². The van der Waals surface area contributed by atoms with Crippen molar-refractivity contribution in [3.63, 3.8) is 0 Å². The molecule has 7 heteroatoms. The van der Waals surface area contributed by atoms with Crippen molar-refractivity contribution in [1.82, 2.24) is 4.72 Å². The number of furan rings is 1. The van der Waals surface area contributed by atoms with Gasteiger partial charge in [0.25, 0.3) is 0 Å². The molecule has 1 aromatic heterocycles. The van der Waals surface area contributed by atoms with Crippen molar-refractivity contribution in [3.8, 4) is 0 Å². The van der Waals surface area contributed by atoms with Crippen LogP contribution in [0, 0.1) is 6.92 Å². The lowest BCUT2D eigenvalue weighted by atomic mass is 9.90. The van der Waals surface area contributed by atoms with Gasteiger partial charge in [0.2, 0.25) is 10.0 Å². The van der Waals surface area contributed by atoms with Gasteiger partial charge in [-0.05, 0) is 19.8 Å². The molecule has 1 aliphatic carbocycles. The molecule has 2 N–H and O–H groups in total. The Morgan fingerprint density at radius 1 is 1.56 bits per heavy atom. The summed E-state index contributed by atoms with van der Waals surface area (Å²) >= 11 is 0. The van der Waals surface area contributed by atoms with E-state index in [1.54, 1.807) is 14.0 Å². The van der Waals surface area contributed by atoms with E-state index in [4.69, 9.17) is 14.3 Å². The van der Waals surface area contributed by atoms with Crippen LogP contribution in [0.2, 0.25) is 0 Å². The van der Waals surface area contributed by atoms with Gasteiger partial charge < -0.3 is 14.3 Å². The average Bonchev–Trinajstić information content (AvgIpc) is 2.65. The Morgan fingerprint density at radius 2 is 2.22 bits per heavy atom. The zero-order valence-electron chi connectivity index (χ0n) is 10.3. The summed E-state index contributed by atoms with van der Waals surface area (Å²) in [7, 11) is -1.97. The van der Waals surface area contributed by atoms with Gasteiger partial charge >= 0.3 is 0 Å². The third-order valence-electron chi connectivity index (χ3n) is 3.12. The van der Waals surface area contributed by atoms with Crippen LogP contribution >= 0.6 is 0 Å². The molecule has 1 saturated carbocycles. The van der Waals surface area contributed by atoms with Gasteiger partial charge in [0.15, 0.2) is 0 Å². The summed E-state index contributed by atoms with van der Waals surface area (Å²) < 4.78 is 37.0. The number of hydrogen-bond acceptors (Lipinski definition) is 5. The summed E-state index contributed by atoms with van der Waals surface area (Å²) in [5, 5.41) is 8.92. The molecule has 0 atom stereocenters. The Kier molecular flexibility index (Phi) is 3.76. The van der Waals surface area contributed by atoms with Crippen LogP contribution in [0.25, 0.3) is 0 Å². The number of aliphatic hydroxyl groups is 1. The molecule has 0 aromatic carbocycles. The second kappa shape index (κ2) is 5.00. The summed E-state index contributed by atoms with van der Waals surface area (Å²) in [6.07, 6.45) is 1.50. The van der Waals surface area contributed by atoms with Crippen LogP contribution < -0.4 is 4.72 Å². The Hall–Kier alpha value is -0.890. The topological polar surface area (TPSA) is 88.8 Å². The number of ether oxygens (including phenoxy) is 1. The molecule has 1 aliphatic rings. The average molecular weight is 275 g/mol. The molecular formula is C11H17NO5S. The fourth-order valence-electron chi connectivity index (χ4n) is 2.01. The highest BCUT2D eigenvalue weighted by molar-refractivity contribution is 7.89. The Labute approximate surface area is 106 Å². The predicted octanol–water partition coefficient (Wildman–Crippen LogP) is 0.536. The minimum absolute atomic E-state index is 0.0902. The van der Waals surface area contributed by atoms with Gasteiger partial charge in [-0.1, -0.05) is 0 Å². The normalized spacial score (nSPS) is 23.9. The van der Waals surface area contributed by atoms with Crippen molar-refractivity contribution in [3.05, 3.63) is 17.6 Å². The fourth-order valence-corrected chi connectivity index (χ4v) is 3.47. The first-order chi connectivity index (χ1) is 8.46. The number of methoxy groups -OCH3 is 1. The second-order valence-corrected chi connectivity index (χ2v) is 6.12. The van der Waals surface area contributed by atoms with Crippen LogP contribution in [0.3, 0.4) is 0 Å². The Bertz CT molecular complexity index is 516. The molecule has 2 rings (SSSR count). The standard InChI is InChI=1S/C11H17NO5S/c1-7-11(5-10(6-13)17-7)18(14,15)12-8-3-9(4-8)16-2/h5,8-9,12-13H,3-4,6H2,1-2H3. The van der Waals surface area contributed by atoms with E-state index in [0.717, 1.165) is 0 Å². The minimum atomic E-state index is -3.58. The largest absolute Gasteiger partial charge is 0.462 e. The number of nitrogens with one attached hydrogen (secondary N) is 1. The first-order valence-corrected chi connectivity index (χ1v) is 7.20. The summed E-state index contributed by atoms with van der Waals surface area (Å²) in [5.41, 5.74) is 0. The number of aliphatic hydroxyl groups excluding tert-OH is 1. The maximum atomic E-state index is 12.1. The quantitative estimate of drug-likeness (QED) is 0.818. The van der Waals surface area contributed by atoms with Crippen LogP contribution in [0.5, 0.6) is 0 Å². The van der Waals surface area contributed by atoms with Crippen LogP contribution in [-0.2, 0) is 21.4 Å². The molecule has 0 amide bonds. The number of sulfonamides is 1. The molecule has 0 aliphatic heterocycles. The van der Waals surface area contributed by atoms with E-state index in [1.807, 2.05) is 0 Å². The molecule has 102 valence electrons. The highest BCUT2D eigenvalue weighted by atomic mass is 32.2. The maximum Gasteiger partial charge on any atom is 0.244 e. The Balaban J connectivity index is 2.09. The number of aryl methyl sites for hydroxylation is 1. The van der Waals surface area contributed by atoms with Gasteiger partial charge in [-0.2, -0.15) is 0 Å². The van der Waals surface area contributed by atoms with E-state index in [9.17, 15) is 8.42 Å². The zero-order chi connectivity index (χ0) is 13.3. The van der Waals surface area contributed by atoms with Crippen molar-refractivity contribution in [2.24, 2.45) is 0 Å². The molecule has 0 saturated heterocycles. The van der Waals surface area contributed by atoms with Crippen molar-refractivity contribution in [2.75, 3.05) is 7.11 Å². The van der Waals surface area contributed by atoms with Gasteiger partial charge in [0.05, 0.1) is 6.10 Å². The van der Waals surface area contributed by atoms with Gasteiger partial charge in [-0.25, -0.2) is 13.1 Å². The molecule has 0 spiro atoms. The molecule has 1 fully saturated rings. The molecule has 6 nitrogen and oxygen atoms in total. The maximum absolute atomic E-state index is 12.1. The second-order valence-electron chi connectivity index (χ2n) is 4.44. The predicted molar refractivity (Wildman–Crippen MR) is 63.5 cm³/mol. The van der Waals surface area contributed by atoms with Crippen LogP contribution in [0.1, 0.15) is 24.4 Å². The number of rotatable bonds is 5. The number of hydrogen-bond donors (Lipinski definition) is 2. The van der Waals surface area contributed by atoms with E-state index in [0.29, 0.717) is 12.8 Å². The van der Waals surface area contributed by atoms with Gasteiger partial charge in [0.1, 0.15) is 23.0 Å². The molecule has 1 heterocycles. The van der Waals surface area contributed by atoms with Gasteiger partial charge in [-0.15, -0.1) is 0 Å². The minimum Gasteiger partial charge on any atom is -0.462 e. The monoisotopic (exact) mass is 275 g/mol. The third kappa shape index (κ3) is 2.59. The van der Waals surface area contributed by atoms with Crippen LogP contribution in [-0.4, -0.2) is 32.8 Å². The lowest BCUT2D eigenvalue weighted by Gasteiger charge is -2.34. The molecular weight excluding hydrogens is 258 g/mol. The van der Waals surface area contributed by atoms with Crippen LogP contribution in [0.15, 0.2) is 15.4 Å². The highest BCUT2D eigenvalue weighted by Gasteiger charge is 2.33. The smallest absolute Gasteiger partial charge is 0.244 e. The third-order valence-corrected chi connectivity index (χ3v) is 4.75. The summed E-state index contributed by atoms with van der Waals surface area (Å²) in [5.74, 6) is 0.533. The molecule has 0 radical (unpaired) electrons. The van der Waals surface area contributed by atoms with E-state index in [2.05, 4.69) is 4.72 Å². The fraction of sp³-hybridized carbons (Fsp3) is 0.636. The zero-order valence-corrected chi connectivity index (χ0v) is 11.2. The lowest BCUT2D eigenvalue weighted by molar-refractivity contribution is 0.0236. The van der Waals surface area contributed by atoms with E-state index >= 15 is 0 Å². The first kappa shape index (κ1) is 13.5. The van der Waals surface area contributed by atoms with Gasteiger partial charge in [0, 0.05) is 19.2 Å². The SMILES string of the molecule is COC1CC(NS(=O)(=O)c2cc(CO)oc2C)C1. The molecule has 0 unspecified atom stereocenters. The molecule has 1 aromatic rings. The first-order valence-electron chi connectivity index (χ1n) is 5.71. The van der Waals surface area contributed by atoms with Crippen molar-refractivity contribution in [1.29, 1.82) is 0 Å². The summed E-state index contributed by atoms with van der Waals surface area (Å²) in [6, 6.07) is 1.26. The molecule has 18 heavy (non-hydrogen) atoms. The lowest BCUT2D eigenvalue weighted by Crippen LogP contribution is -2.47. The van der Waals surface area contributed by atoms with Crippen molar-refractivity contribution in [2.45, 2.75) is 43.4 Å². The van der Waals surface area contributed by atoms with E-state index < -0.39 is 10.0 Å². The van der Waals surface area contributed by atoms with E-state index in [-0.39, 0.29) is 35.2 Å². The van der Waals surface area contributed by atoms with Gasteiger partial charge in [-0.3, -0.25) is 0 Å².